The Morgan fingerprint density at radius 1 is 1.26 bits per heavy atom. The third-order valence-electron chi connectivity index (χ3n) is 3.33. The normalized spacial score (nSPS) is 10.9. The minimum Gasteiger partial charge on any atom is -0.493 e. The molecule has 0 aliphatic carbocycles. The number of esters is 1. The highest BCUT2D eigenvalue weighted by molar-refractivity contribution is 7.23. The van der Waals surface area contributed by atoms with E-state index in [2.05, 4.69) is 4.98 Å². The molecule has 2 aromatic heterocycles. The van der Waals surface area contributed by atoms with Crippen molar-refractivity contribution in [3.63, 3.8) is 0 Å². The highest BCUT2D eigenvalue weighted by Gasteiger charge is 2.18. The minimum atomic E-state index is -0.681. The molecule has 23 heavy (non-hydrogen) atoms. The maximum Gasteiger partial charge on any atom is 0.345 e. The highest BCUT2D eigenvalue weighted by Crippen LogP contribution is 2.35. The van der Waals surface area contributed by atoms with Crippen LogP contribution in [0.2, 0.25) is 0 Å². The lowest BCUT2D eigenvalue weighted by atomic mass is 10.3. The largest absolute Gasteiger partial charge is 0.493 e. The molecule has 2 heterocycles. The van der Waals surface area contributed by atoms with Crippen LogP contribution in [0.5, 0.6) is 11.5 Å². The molecule has 7 nitrogen and oxygen atoms in total. The van der Waals surface area contributed by atoms with Gasteiger partial charge in [0.15, 0.2) is 16.5 Å². The Labute approximate surface area is 135 Å². The van der Waals surface area contributed by atoms with Crippen molar-refractivity contribution in [2.75, 3.05) is 20.8 Å². The summed E-state index contributed by atoms with van der Waals surface area (Å²) >= 11 is 1.32. The zero-order valence-electron chi connectivity index (χ0n) is 12.8. The Kier molecular flexibility index (Phi) is 3.91. The number of nitrogens with zero attached hydrogens (tertiary/aromatic N) is 2. The Bertz CT molecular complexity index is 960. The Balaban J connectivity index is 2.33. The third kappa shape index (κ3) is 2.40. The van der Waals surface area contributed by atoms with E-state index < -0.39 is 11.5 Å². The summed E-state index contributed by atoms with van der Waals surface area (Å²) in [7, 11) is 3.06. The molecule has 0 saturated heterocycles. The molecule has 1 aromatic carbocycles. The molecule has 3 aromatic rings. The molecule has 0 fully saturated rings. The van der Waals surface area contributed by atoms with Crippen LogP contribution in [0.15, 0.2) is 23.1 Å². The predicted octanol–water partition coefficient (Wildman–Crippen LogP) is 2.10. The van der Waals surface area contributed by atoms with Crippen molar-refractivity contribution in [2.24, 2.45) is 0 Å². The van der Waals surface area contributed by atoms with Crippen LogP contribution < -0.4 is 15.0 Å². The average Bonchev–Trinajstić information content (AvgIpc) is 2.91. The van der Waals surface area contributed by atoms with E-state index in [1.165, 1.54) is 29.0 Å². The molecule has 0 amide bonds. The van der Waals surface area contributed by atoms with Gasteiger partial charge < -0.3 is 14.2 Å². The van der Waals surface area contributed by atoms with Crippen molar-refractivity contribution >= 4 is 32.5 Å². The standard InChI is InChI=1S/C15H14N2O5S/c1-4-22-14(19)8-7-16-15-17(13(8)18)9-5-10(20-2)11(21-3)6-12(9)23-15/h5-7H,4H2,1-3H3. The molecule has 0 N–H and O–H groups in total. The van der Waals surface area contributed by atoms with Gasteiger partial charge in [0.1, 0.15) is 5.56 Å². The average molecular weight is 334 g/mol. The maximum absolute atomic E-state index is 12.6. The second kappa shape index (κ2) is 5.88. The lowest BCUT2D eigenvalue weighted by molar-refractivity contribution is 0.0523. The van der Waals surface area contributed by atoms with Crippen molar-refractivity contribution in [1.82, 2.24) is 9.38 Å². The second-order valence-corrected chi connectivity index (χ2v) is 5.60. The summed E-state index contributed by atoms with van der Waals surface area (Å²) in [4.78, 5) is 29.2. The fourth-order valence-electron chi connectivity index (χ4n) is 2.28. The van der Waals surface area contributed by atoms with Crippen LogP contribution in [0.3, 0.4) is 0 Å². The number of carbonyl (C=O) groups excluding carboxylic acids is 1. The first-order chi connectivity index (χ1) is 11.1. The zero-order chi connectivity index (χ0) is 16.6. The SMILES string of the molecule is CCOC(=O)c1cnc2sc3cc(OC)c(OC)cc3n2c1=O. The van der Waals surface area contributed by atoms with Crippen molar-refractivity contribution < 1.29 is 19.0 Å². The smallest absolute Gasteiger partial charge is 0.345 e. The molecule has 0 radical (unpaired) electrons. The molecular weight excluding hydrogens is 320 g/mol. The van der Waals surface area contributed by atoms with Crippen LogP contribution >= 0.6 is 11.3 Å². The number of hydrogen-bond acceptors (Lipinski definition) is 7. The van der Waals surface area contributed by atoms with Crippen molar-refractivity contribution in [3.05, 3.63) is 34.2 Å². The van der Waals surface area contributed by atoms with Crippen LogP contribution in [0.1, 0.15) is 17.3 Å². The summed E-state index contributed by atoms with van der Waals surface area (Å²) in [6.45, 7) is 1.87. The first-order valence-corrected chi connectivity index (χ1v) is 7.65. The fraction of sp³-hybridized carbons (Fsp3) is 0.267. The summed E-state index contributed by atoms with van der Waals surface area (Å²) in [6.07, 6.45) is 1.25. The molecule has 120 valence electrons. The van der Waals surface area contributed by atoms with E-state index in [1.54, 1.807) is 26.2 Å². The number of fused-ring (bicyclic) bond motifs is 3. The van der Waals surface area contributed by atoms with E-state index in [4.69, 9.17) is 14.2 Å². The van der Waals surface area contributed by atoms with Crippen LogP contribution in [0.4, 0.5) is 0 Å². The molecule has 0 spiro atoms. The lowest BCUT2D eigenvalue weighted by Crippen LogP contribution is -2.23. The Hall–Kier alpha value is -2.61. The summed E-state index contributed by atoms with van der Waals surface area (Å²) < 4.78 is 17.6. The summed E-state index contributed by atoms with van der Waals surface area (Å²) in [6, 6.07) is 3.46. The molecule has 0 saturated carbocycles. The van der Waals surface area contributed by atoms with E-state index in [0.29, 0.717) is 22.0 Å². The van der Waals surface area contributed by atoms with Crippen molar-refractivity contribution in [3.8, 4) is 11.5 Å². The number of carbonyl (C=O) groups is 1. The van der Waals surface area contributed by atoms with Gasteiger partial charge in [-0.25, -0.2) is 9.78 Å². The van der Waals surface area contributed by atoms with Crippen LogP contribution in [-0.4, -0.2) is 36.2 Å². The fourth-order valence-corrected chi connectivity index (χ4v) is 3.27. The van der Waals surface area contributed by atoms with E-state index in [-0.39, 0.29) is 12.2 Å². The molecule has 3 rings (SSSR count). The maximum atomic E-state index is 12.6. The number of hydrogen-bond donors (Lipinski definition) is 0. The van der Waals surface area contributed by atoms with E-state index in [1.807, 2.05) is 0 Å². The van der Waals surface area contributed by atoms with Crippen molar-refractivity contribution in [1.29, 1.82) is 0 Å². The molecule has 8 heteroatoms. The molecule has 0 aliphatic heterocycles. The van der Waals surface area contributed by atoms with Gasteiger partial charge in [-0.15, -0.1) is 0 Å². The van der Waals surface area contributed by atoms with Gasteiger partial charge in [0.2, 0.25) is 0 Å². The summed E-state index contributed by atoms with van der Waals surface area (Å²) in [5.41, 5.74) is 0.0389. The van der Waals surface area contributed by atoms with E-state index in [0.717, 1.165) is 4.70 Å². The van der Waals surface area contributed by atoms with E-state index >= 15 is 0 Å². The van der Waals surface area contributed by atoms with Gasteiger partial charge in [0.25, 0.3) is 5.56 Å². The van der Waals surface area contributed by atoms with Crippen LogP contribution in [0, 0.1) is 0 Å². The second-order valence-electron chi connectivity index (χ2n) is 4.59. The summed E-state index contributed by atoms with van der Waals surface area (Å²) in [5, 5.41) is 0. The number of methoxy groups -OCH3 is 2. The number of aromatic nitrogens is 2. The van der Waals surface area contributed by atoms with Gasteiger partial charge in [-0.3, -0.25) is 9.20 Å². The van der Waals surface area contributed by atoms with Crippen LogP contribution in [0.25, 0.3) is 15.2 Å². The van der Waals surface area contributed by atoms with Gasteiger partial charge in [-0.2, -0.15) is 0 Å². The number of ether oxygens (including phenoxy) is 3. The monoisotopic (exact) mass is 334 g/mol. The lowest BCUT2D eigenvalue weighted by Gasteiger charge is -2.07. The van der Waals surface area contributed by atoms with Crippen LogP contribution in [-0.2, 0) is 4.74 Å². The first kappa shape index (κ1) is 15.3. The van der Waals surface area contributed by atoms with Gasteiger partial charge in [0.05, 0.1) is 37.2 Å². The molecule has 0 aliphatic rings. The van der Waals surface area contributed by atoms with E-state index in [9.17, 15) is 9.59 Å². The molecule has 0 bridgehead atoms. The topological polar surface area (TPSA) is 79.1 Å². The third-order valence-corrected chi connectivity index (χ3v) is 4.35. The molecule has 0 unspecified atom stereocenters. The van der Waals surface area contributed by atoms with Gasteiger partial charge in [-0.1, -0.05) is 11.3 Å². The molecule has 0 atom stereocenters. The predicted molar refractivity (Wildman–Crippen MR) is 85.9 cm³/mol. The zero-order valence-corrected chi connectivity index (χ0v) is 13.6. The Morgan fingerprint density at radius 3 is 2.61 bits per heavy atom. The quantitative estimate of drug-likeness (QED) is 0.680. The number of thiazole rings is 1. The van der Waals surface area contributed by atoms with Gasteiger partial charge >= 0.3 is 5.97 Å². The molecular formula is C15H14N2O5S. The summed E-state index contributed by atoms with van der Waals surface area (Å²) in [5.74, 6) is 0.373. The number of rotatable bonds is 4. The van der Waals surface area contributed by atoms with Crippen molar-refractivity contribution in [2.45, 2.75) is 6.92 Å². The minimum absolute atomic E-state index is 0.0983. The van der Waals surface area contributed by atoms with Gasteiger partial charge in [0, 0.05) is 12.1 Å². The number of benzene rings is 1. The van der Waals surface area contributed by atoms with Gasteiger partial charge in [-0.05, 0) is 6.92 Å². The Morgan fingerprint density at radius 2 is 1.96 bits per heavy atom. The first-order valence-electron chi connectivity index (χ1n) is 6.84. The highest BCUT2D eigenvalue weighted by atomic mass is 32.1.